The molecule has 6 nitrogen and oxygen atoms in total. The van der Waals surface area contributed by atoms with E-state index in [1.165, 1.54) is 11.1 Å². The topological polar surface area (TPSA) is 73.5 Å². The van der Waals surface area contributed by atoms with Crippen LogP contribution in [0.25, 0.3) is 0 Å². The van der Waals surface area contributed by atoms with E-state index in [1.807, 2.05) is 32.6 Å². The van der Waals surface area contributed by atoms with Crippen LogP contribution in [0.1, 0.15) is 51.7 Å². The summed E-state index contributed by atoms with van der Waals surface area (Å²) in [6.45, 7) is 9.42. The molecule has 1 saturated heterocycles. The van der Waals surface area contributed by atoms with Crippen LogP contribution in [0.3, 0.4) is 0 Å². The number of likely N-dealkylation sites (N-methyl/N-ethyl adjacent to an activating group) is 1. The predicted octanol–water partition coefficient (Wildman–Crippen LogP) is 1.87. The highest BCUT2D eigenvalue weighted by atomic mass is 16.2. The van der Waals surface area contributed by atoms with Crippen LogP contribution in [0.15, 0.2) is 24.3 Å². The quantitative estimate of drug-likeness (QED) is 0.637. The number of hydrogen-bond donors (Lipinski definition) is 3. The van der Waals surface area contributed by atoms with Gasteiger partial charge in [-0.25, -0.2) is 0 Å². The van der Waals surface area contributed by atoms with E-state index in [0.717, 1.165) is 38.8 Å². The monoisotopic (exact) mass is 414 g/mol. The molecule has 1 aliphatic heterocycles. The molecule has 0 unspecified atom stereocenters. The van der Waals surface area contributed by atoms with Gasteiger partial charge in [-0.1, -0.05) is 45.0 Å². The molecule has 3 rings (SSSR count). The van der Waals surface area contributed by atoms with Gasteiger partial charge in [0.25, 0.3) is 0 Å². The van der Waals surface area contributed by atoms with Crippen LogP contribution in [0.2, 0.25) is 0 Å². The van der Waals surface area contributed by atoms with Gasteiger partial charge in [-0.3, -0.25) is 9.59 Å². The van der Waals surface area contributed by atoms with Crippen LogP contribution in [0, 0.1) is 5.41 Å². The van der Waals surface area contributed by atoms with E-state index >= 15 is 0 Å². The molecule has 0 spiro atoms. The van der Waals surface area contributed by atoms with Gasteiger partial charge in [0.1, 0.15) is 6.04 Å². The lowest BCUT2D eigenvalue weighted by Gasteiger charge is -2.36. The molecule has 1 heterocycles. The molecule has 0 radical (unpaired) electrons. The fourth-order valence-corrected chi connectivity index (χ4v) is 4.56. The van der Waals surface area contributed by atoms with Crippen molar-refractivity contribution in [2.75, 3.05) is 20.1 Å². The van der Waals surface area contributed by atoms with Crippen molar-refractivity contribution >= 4 is 11.8 Å². The smallest absolute Gasteiger partial charge is 0.245 e. The zero-order chi connectivity index (χ0) is 21.9. The number of carbonyl (C=O) groups excluding carboxylic acids is 2. The molecule has 1 aromatic rings. The molecule has 1 aromatic carbocycles. The Morgan fingerprint density at radius 3 is 2.37 bits per heavy atom. The van der Waals surface area contributed by atoms with Gasteiger partial charge in [-0.15, -0.1) is 0 Å². The SMILES string of the molecule is CN[C@@H](C)C(=O)N[C@H](C(=O)N1CCC[C@H]1CNC1Cc2ccccc2C1)C(C)(C)C. The summed E-state index contributed by atoms with van der Waals surface area (Å²) in [6, 6.07) is 8.40. The summed E-state index contributed by atoms with van der Waals surface area (Å²) in [5.74, 6) is -0.0958. The molecular weight excluding hydrogens is 376 g/mol. The van der Waals surface area contributed by atoms with Gasteiger partial charge in [-0.05, 0) is 56.2 Å². The van der Waals surface area contributed by atoms with E-state index in [4.69, 9.17) is 0 Å². The summed E-state index contributed by atoms with van der Waals surface area (Å²) in [7, 11) is 1.75. The number of benzene rings is 1. The summed E-state index contributed by atoms with van der Waals surface area (Å²) < 4.78 is 0. The van der Waals surface area contributed by atoms with Crippen LogP contribution in [0.5, 0.6) is 0 Å². The van der Waals surface area contributed by atoms with E-state index in [1.54, 1.807) is 7.05 Å². The molecule has 1 fully saturated rings. The molecule has 6 heteroatoms. The van der Waals surface area contributed by atoms with Gasteiger partial charge in [0.15, 0.2) is 0 Å². The number of fused-ring (bicyclic) bond motifs is 1. The van der Waals surface area contributed by atoms with Gasteiger partial charge in [0.05, 0.1) is 6.04 Å². The molecular formula is C24H38N4O2. The second-order valence-electron chi connectivity index (χ2n) is 9.93. The Morgan fingerprint density at radius 1 is 1.17 bits per heavy atom. The van der Waals surface area contributed by atoms with Crippen molar-refractivity contribution in [2.24, 2.45) is 5.41 Å². The van der Waals surface area contributed by atoms with E-state index in [0.29, 0.717) is 6.04 Å². The average molecular weight is 415 g/mol. The van der Waals surface area contributed by atoms with Gasteiger partial charge < -0.3 is 20.9 Å². The zero-order valence-electron chi connectivity index (χ0n) is 19.1. The van der Waals surface area contributed by atoms with Crippen LogP contribution < -0.4 is 16.0 Å². The molecule has 3 atom stereocenters. The minimum atomic E-state index is -0.530. The first-order valence-electron chi connectivity index (χ1n) is 11.3. The predicted molar refractivity (Wildman–Crippen MR) is 120 cm³/mol. The minimum Gasteiger partial charge on any atom is -0.342 e. The second kappa shape index (κ2) is 9.48. The molecule has 2 aliphatic rings. The largest absolute Gasteiger partial charge is 0.342 e. The number of nitrogens with one attached hydrogen (secondary N) is 3. The molecule has 0 aromatic heterocycles. The lowest BCUT2D eigenvalue weighted by molar-refractivity contribution is -0.140. The molecule has 3 N–H and O–H groups in total. The maximum Gasteiger partial charge on any atom is 0.245 e. The molecule has 1 aliphatic carbocycles. The third kappa shape index (κ3) is 5.22. The fraction of sp³-hybridized carbons (Fsp3) is 0.667. The molecule has 2 amide bonds. The Labute approximate surface area is 181 Å². The van der Waals surface area contributed by atoms with Crippen molar-refractivity contribution in [3.05, 3.63) is 35.4 Å². The Kier molecular flexibility index (Phi) is 7.19. The Hall–Kier alpha value is -1.92. The minimum absolute atomic E-state index is 0.0400. The molecule has 30 heavy (non-hydrogen) atoms. The summed E-state index contributed by atoms with van der Waals surface area (Å²) in [6.07, 6.45) is 4.13. The Bertz CT molecular complexity index is 733. The van der Waals surface area contributed by atoms with E-state index in [2.05, 4.69) is 40.2 Å². The van der Waals surface area contributed by atoms with Crippen LogP contribution in [-0.2, 0) is 22.4 Å². The van der Waals surface area contributed by atoms with Gasteiger partial charge >= 0.3 is 0 Å². The highest BCUT2D eigenvalue weighted by molar-refractivity contribution is 5.90. The summed E-state index contributed by atoms with van der Waals surface area (Å²) >= 11 is 0. The Morgan fingerprint density at radius 2 is 1.80 bits per heavy atom. The van der Waals surface area contributed by atoms with Crippen molar-refractivity contribution < 1.29 is 9.59 Å². The molecule has 0 bridgehead atoms. The maximum atomic E-state index is 13.5. The molecule has 0 saturated carbocycles. The van der Waals surface area contributed by atoms with Crippen LogP contribution >= 0.6 is 0 Å². The average Bonchev–Trinajstić information content (AvgIpc) is 3.34. The lowest BCUT2D eigenvalue weighted by atomic mass is 9.85. The van der Waals surface area contributed by atoms with Gasteiger partial charge in [-0.2, -0.15) is 0 Å². The van der Waals surface area contributed by atoms with E-state index in [-0.39, 0.29) is 29.3 Å². The van der Waals surface area contributed by atoms with Crippen LogP contribution in [0.4, 0.5) is 0 Å². The highest BCUT2D eigenvalue weighted by Gasteiger charge is 2.40. The maximum absolute atomic E-state index is 13.5. The number of likely N-dealkylation sites (tertiary alicyclic amines) is 1. The Balaban J connectivity index is 1.61. The standard InChI is InChI=1S/C24H38N4O2/c1-16(25-5)22(29)27-21(24(2,3)4)23(30)28-12-8-11-20(28)15-26-19-13-17-9-6-7-10-18(17)14-19/h6-7,9-10,16,19-21,25-26H,8,11-15H2,1-5H3,(H,27,29)/t16-,20-,21+/m0/s1. The first kappa shape index (κ1) is 22.8. The van der Waals surface area contributed by atoms with Crippen molar-refractivity contribution in [1.82, 2.24) is 20.9 Å². The highest BCUT2D eigenvalue weighted by Crippen LogP contribution is 2.26. The number of amides is 2. The fourth-order valence-electron chi connectivity index (χ4n) is 4.56. The van der Waals surface area contributed by atoms with Crippen molar-refractivity contribution in [1.29, 1.82) is 0 Å². The van der Waals surface area contributed by atoms with E-state index in [9.17, 15) is 9.59 Å². The zero-order valence-corrected chi connectivity index (χ0v) is 19.1. The first-order valence-corrected chi connectivity index (χ1v) is 11.3. The van der Waals surface area contributed by atoms with Crippen molar-refractivity contribution in [3.63, 3.8) is 0 Å². The summed E-state index contributed by atoms with van der Waals surface area (Å²) in [5, 5.41) is 9.66. The van der Waals surface area contributed by atoms with E-state index < -0.39 is 6.04 Å². The number of carbonyl (C=O) groups is 2. The van der Waals surface area contributed by atoms with Crippen molar-refractivity contribution in [3.8, 4) is 0 Å². The van der Waals surface area contributed by atoms with Crippen molar-refractivity contribution in [2.45, 2.75) is 77.5 Å². The third-order valence-corrected chi connectivity index (χ3v) is 6.58. The summed E-state index contributed by atoms with van der Waals surface area (Å²) in [5.41, 5.74) is 2.51. The number of hydrogen-bond acceptors (Lipinski definition) is 4. The van der Waals surface area contributed by atoms with Gasteiger partial charge in [0.2, 0.25) is 11.8 Å². The van der Waals surface area contributed by atoms with Gasteiger partial charge in [0, 0.05) is 25.2 Å². The second-order valence-corrected chi connectivity index (χ2v) is 9.93. The number of nitrogens with zero attached hydrogens (tertiary/aromatic N) is 1. The normalized spacial score (nSPS) is 21.4. The third-order valence-electron chi connectivity index (χ3n) is 6.58. The molecule has 166 valence electrons. The summed E-state index contributed by atoms with van der Waals surface area (Å²) in [4.78, 5) is 28.0. The lowest BCUT2D eigenvalue weighted by Crippen LogP contribution is -2.59. The van der Waals surface area contributed by atoms with Crippen LogP contribution in [-0.4, -0.2) is 61.0 Å². The first-order chi connectivity index (χ1) is 14.2. The number of rotatable bonds is 7.